The molecule has 8 nitrogen and oxygen atoms in total. The monoisotopic (exact) mass is 417 g/mol. The van der Waals surface area contributed by atoms with Gasteiger partial charge < -0.3 is 16.4 Å². The molecule has 0 bridgehead atoms. The molecule has 158 valence electrons. The topological polar surface area (TPSA) is 127 Å². The zero-order chi connectivity index (χ0) is 22.0. The highest BCUT2D eigenvalue weighted by Gasteiger charge is 2.28. The van der Waals surface area contributed by atoms with E-state index in [4.69, 9.17) is 5.73 Å². The number of rotatable bonds is 6. The molecule has 1 aromatic heterocycles. The summed E-state index contributed by atoms with van der Waals surface area (Å²) in [6, 6.07) is 12.6. The van der Waals surface area contributed by atoms with Gasteiger partial charge in [0.05, 0.1) is 17.1 Å². The van der Waals surface area contributed by atoms with Crippen LogP contribution in [-0.4, -0.2) is 27.6 Å². The molecule has 0 radical (unpaired) electrons. The Morgan fingerprint density at radius 2 is 1.97 bits per heavy atom. The van der Waals surface area contributed by atoms with Crippen LogP contribution in [0.5, 0.6) is 0 Å². The van der Waals surface area contributed by atoms with Crippen molar-refractivity contribution in [2.45, 2.75) is 32.2 Å². The van der Waals surface area contributed by atoms with E-state index in [0.29, 0.717) is 47.2 Å². The van der Waals surface area contributed by atoms with E-state index >= 15 is 0 Å². The first-order valence-corrected chi connectivity index (χ1v) is 10.1. The zero-order valence-electron chi connectivity index (χ0n) is 17.1. The second-order valence-electron chi connectivity index (χ2n) is 7.75. The van der Waals surface area contributed by atoms with Gasteiger partial charge >= 0.3 is 0 Å². The number of Topliss-reactive ketones (excluding diaryl/α,β-unsaturated/α-hetero) is 1. The minimum absolute atomic E-state index is 0.121. The summed E-state index contributed by atoms with van der Waals surface area (Å²) in [5.74, 6) is -0.193. The second kappa shape index (κ2) is 8.51. The minimum atomic E-state index is -0.546. The molecule has 31 heavy (non-hydrogen) atoms. The number of primary amides is 1. The van der Waals surface area contributed by atoms with Crippen molar-refractivity contribution >= 4 is 40.0 Å². The lowest BCUT2D eigenvalue weighted by Crippen LogP contribution is -2.21. The lowest BCUT2D eigenvalue weighted by molar-refractivity contribution is -0.122. The molecular formula is C23H23N5O3. The third-order valence-electron chi connectivity index (χ3n) is 5.55. The zero-order valence-corrected chi connectivity index (χ0v) is 17.1. The van der Waals surface area contributed by atoms with Crippen molar-refractivity contribution in [1.82, 2.24) is 9.97 Å². The molecule has 1 aliphatic rings. The normalized spacial score (nSPS) is 16.8. The van der Waals surface area contributed by atoms with Gasteiger partial charge in [0.2, 0.25) is 5.91 Å². The molecular weight excluding hydrogens is 394 g/mol. The van der Waals surface area contributed by atoms with Crippen LogP contribution in [0.15, 0.2) is 48.8 Å². The highest BCUT2D eigenvalue weighted by Crippen LogP contribution is 2.28. The van der Waals surface area contributed by atoms with Crippen molar-refractivity contribution in [2.24, 2.45) is 11.7 Å². The first kappa shape index (κ1) is 20.5. The first-order chi connectivity index (χ1) is 14.9. The SMILES string of the molecule is CC(Nc1ncnc2c(C(N)=O)cccc12)c1cccc(NC(=O)C2CCC(=O)C2)c1. The Morgan fingerprint density at radius 1 is 1.16 bits per heavy atom. The van der Waals surface area contributed by atoms with E-state index in [-0.39, 0.29) is 23.7 Å². The first-order valence-electron chi connectivity index (χ1n) is 10.1. The van der Waals surface area contributed by atoms with Crippen LogP contribution in [-0.2, 0) is 9.59 Å². The van der Waals surface area contributed by atoms with Gasteiger partial charge in [-0.2, -0.15) is 0 Å². The van der Waals surface area contributed by atoms with Crippen LogP contribution in [0.1, 0.15) is 48.1 Å². The third kappa shape index (κ3) is 4.37. The van der Waals surface area contributed by atoms with Gasteiger partial charge in [-0.1, -0.05) is 18.2 Å². The molecule has 2 unspecified atom stereocenters. The van der Waals surface area contributed by atoms with Crippen LogP contribution in [0.4, 0.5) is 11.5 Å². The Morgan fingerprint density at radius 3 is 2.71 bits per heavy atom. The fourth-order valence-corrected chi connectivity index (χ4v) is 3.86. The van der Waals surface area contributed by atoms with E-state index in [9.17, 15) is 14.4 Å². The Kier molecular flexibility index (Phi) is 5.62. The van der Waals surface area contributed by atoms with E-state index in [0.717, 1.165) is 5.56 Å². The number of hydrogen-bond donors (Lipinski definition) is 3. The van der Waals surface area contributed by atoms with Gasteiger partial charge in [-0.05, 0) is 43.2 Å². The van der Waals surface area contributed by atoms with E-state index in [1.807, 2.05) is 37.3 Å². The van der Waals surface area contributed by atoms with Gasteiger partial charge in [0.15, 0.2) is 0 Å². The van der Waals surface area contributed by atoms with Gasteiger partial charge in [0.25, 0.3) is 5.91 Å². The highest BCUT2D eigenvalue weighted by atomic mass is 16.2. The molecule has 2 atom stereocenters. The number of hydrogen-bond acceptors (Lipinski definition) is 6. The number of aromatic nitrogens is 2. The van der Waals surface area contributed by atoms with Gasteiger partial charge in [0, 0.05) is 29.8 Å². The van der Waals surface area contributed by atoms with E-state index < -0.39 is 5.91 Å². The van der Waals surface area contributed by atoms with Crippen LogP contribution in [0, 0.1) is 5.92 Å². The van der Waals surface area contributed by atoms with Gasteiger partial charge in [-0.3, -0.25) is 14.4 Å². The predicted octanol–water partition coefficient (Wildman–Crippen LogP) is 3.21. The average Bonchev–Trinajstić information content (AvgIpc) is 3.20. The van der Waals surface area contributed by atoms with Crippen LogP contribution in [0.2, 0.25) is 0 Å². The van der Waals surface area contributed by atoms with Crippen molar-refractivity contribution in [3.05, 3.63) is 59.9 Å². The fraction of sp³-hybridized carbons (Fsp3) is 0.261. The number of amides is 2. The summed E-state index contributed by atoms with van der Waals surface area (Å²) in [6.45, 7) is 1.97. The number of nitrogens with zero attached hydrogens (tertiary/aromatic N) is 2. The molecule has 3 aromatic rings. The maximum atomic E-state index is 12.4. The largest absolute Gasteiger partial charge is 0.366 e. The number of carbonyl (C=O) groups is 3. The van der Waals surface area contributed by atoms with Crippen LogP contribution in [0.3, 0.4) is 0 Å². The number of carbonyl (C=O) groups excluding carboxylic acids is 3. The van der Waals surface area contributed by atoms with Gasteiger partial charge in [-0.15, -0.1) is 0 Å². The van der Waals surface area contributed by atoms with E-state index in [2.05, 4.69) is 20.6 Å². The predicted molar refractivity (Wildman–Crippen MR) is 118 cm³/mol. The molecule has 4 rings (SSSR count). The standard InChI is InChI=1S/C23H23N5O3/c1-13(27-22-19-7-3-6-18(21(24)30)20(19)25-12-26-22)14-4-2-5-16(10-14)28-23(31)15-8-9-17(29)11-15/h2-7,10,12-13,15H,8-9,11H2,1H3,(H2,24,30)(H,28,31)(H,25,26,27). The van der Waals surface area contributed by atoms with Crippen molar-refractivity contribution in [2.75, 3.05) is 10.6 Å². The molecule has 1 fully saturated rings. The number of nitrogens with two attached hydrogens (primary N) is 1. The van der Waals surface area contributed by atoms with E-state index in [1.54, 1.807) is 12.1 Å². The number of benzene rings is 2. The minimum Gasteiger partial charge on any atom is -0.366 e. The van der Waals surface area contributed by atoms with Crippen molar-refractivity contribution in [1.29, 1.82) is 0 Å². The summed E-state index contributed by atoms with van der Waals surface area (Å²) in [5, 5.41) is 6.96. The molecule has 1 aliphatic carbocycles. The third-order valence-corrected chi connectivity index (χ3v) is 5.55. The van der Waals surface area contributed by atoms with E-state index in [1.165, 1.54) is 6.33 Å². The number of anilines is 2. The summed E-state index contributed by atoms with van der Waals surface area (Å²) in [5.41, 5.74) is 7.91. The molecule has 2 aromatic carbocycles. The van der Waals surface area contributed by atoms with Crippen molar-refractivity contribution in [3.63, 3.8) is 0 Å². The maximum Gasteiger partial charge on any atom is 0.250 e. The van der Waals surface area contributed by atoms with Gasteiger partial charge in [0.1, 0.15) is 17.9 Å². The fourth-order valence-electron chi connectivity index (χ4n) is 3.86. The summed E-state index contributed by atoms with van der Waals surface area (Å²) in [7, 11) is 0. The number of fused-ring (bicyclic) bond motifs is 1. The van der Waals surface area contributed by atoms with Crippen molar-refractivity contribution < 1.29 is 14.4 Å². The average molecular weight is 417 g/mol. The Bertz CT molecular complexity index is 1180. The summed E-state index contributed by atoms with van der Waals surface area (Å²) in [6.07, 6.45) is 2.79. The maximum absolute atomic E-state index is 12.4. The van der Waals surface area contributed by atoms with Crippen molar-refractivity contribution in [3.8, 4) is 0 Å². The number of para-hydroxylation sites is 1. The molecule has 0 spiro atoms. The molecule has 0 saturated heterocycles. The number of ketones is 1. The molecule has 1 saturated carbocycles. The summed E-state index contributed by atoms with van der Waals surface area (Å²) >= 11 is 0. The summed E-state index contributed by atoms with van der Waals surface area (Å²) < 4.78 is 0. The number of nitrogens with one attached hydrogen (secondary N) is 2. The molecule has 2 amide bonds. The van der Waals surface area contributed by atoms with Crippen LogP contribution in [0.25, 0.3) is 10.9 Å². The van der Waals surface area contributed by atoms with Crippen LogP contribution >= 0.6 is 0 Å². The summed E-state index contributed by atoms with van der Waals surface area (Å²) in [4.78, 5) is 44.1. The van der Waals surface area contributed by atoms with Crippen LogP contribution < -0.4 is 16.4 Å². The Labute approximate surface area is 179 Å². The Balaban J connectivity index is 1.53. The quantitative estimate of drug-likeness (QED) is 0.565. The van der Waals surface area contributed by atoms with Gasteiger partial charge in [-0.25, -0.2) is 9.97 Å². The molecule has 1 heterocycles. The molecule has 4 N–H and O–H groups in total. The molecule has 8 heteroatoms. The highest BCUT2D eigenvalue weighted by molar-refractivity contribution is 6.06. The second-order valence-corrected chi connectivity index (χ2v) is 7.75. The smallest absolute Gasteiger partial charge is 0.250 e. The molecule has 0 aliphatic heterocycles. The lowest BCUT2D eigenvalue weighted by Gasteiger charge is -2.18. The Hall–Kier alpha value is -3.81. The lowest BCUT2D eigenvalue weighted by atomic mass is 10.1.